The van der Waals surface area contributed by atoms with E-state index in [-0.39, 0.29) is 25.0 Å². The van der Waals surface area contributed by atoms with Gasteiger partial charge in [-0.25, -0.2) is 0 Å². The molecule has 0 aromatic heterocycles. The third-order valence-corrected chi connectivity index (χ3v) is 4.71. The molecule has 0 saturated heterocycles. The first-order chi connectivity index (χ1) is 10.7. The number of ketones is 1. The van der Waals surface area contributed by atoms with Gasteiger partial charge in [0, 0.05) is 20.6 Å². The van der Waals surface area contributed by atoms with Crippen molar-refractivity contribution in [3.05, 3.63) is 35.4 Å². The summed E-state index contributed by atoms with van der Waals surface area (Å²) in [6.45, 7) is -1.54. The minimum absolute atomic E-state index is 0.0240. The minimum Gasteiger partial charge on any atom is -0.367 e. The molecule has 0 aliphatic carbocycles. The van der Waals surface area contributed by atoms with Gasteiger partial charge in [-0.2, -0.15) is 13.2 Å². The molecule has 23 heavy (non-hydrogen) atoms. The first kappa shape index (κ1) is 19.8. The molecule has 0 N–H and O–H groups in total. The molecule has 0 spiro atoms. The number of alkyl halides is 3. The Labute approximate surface area is 132 Å². The summed E-state index contributed by atoms with van der Waals surface area (Å²) in [5.74, 6) is -0.356. The predicted octanol–water partition coefficient (Wildman–Crippen LogP) is 3.36. The highest BCUT2D eigenvalue weighted by Gasteiger charge is 2.27. The normalized spacial score (nSPS) is 12.4. The number of carbonyl (C=O) groups excluding carboxylic acids is 1. The lowest BCUT2D eigenvalue weighted by Crippen LogP contribution is -2.16. The largest absolute Gasteiger partial charge is 0.411 e. The maximum atomic E-state index is 12.0. The fraction of sp³-hybridized carbons (Fsp3) is 0.500. The van der Waals surface area contributed by atoms with Gasteiger partial charge in [0.2, 0.25) is 0 Å². The quantitative estimate of drug-likeness (QED) is 0.637. The second-order valence-corrected chi connectivity index (χ2v) is 7.05. The molecule has 0 saturated carbocycles. The summed E-state index contributed by atoms with van der Waals surface area (Å²) in [6, 6.07) is 6.43. The van der Waals surface area contributed by atoms with E-state index in [2.05, 4.69) is 13.8 Å². The van der Waals surface area contributed by atoms with E-state index in [4.69, 9.17) is 0 Å². The Bertz CT molecular complexity index is 566. The Hall–Kier alpha value is -1.21. The average Bonchev–Trinajstić information content (AvgIpc) is 2.46. The van der Waals surface area contributed by atoms with Gasteiger partial charge in [-0.15, -0.1) is 0 Å². The topological polar surface area (TPSA) is 61.8 Å². The molecular weight excluding hydrogens is 336 g/mol. The summed E-state index contributed by atoms with van der Waals surface area (Å²) < 4.78 is 61.9. The molecule has 0 aliphatic heterocycles. The Kier molecular flexibility index (Phi) is 7.41. The van der Waals surface area contributed by atoms with Crippen molar-refractivity contribution in [2.75, 3.05) is 27.0 Å². The van der Waals surface area contributed by atoms with Crippen LogP contribution >= 0.6 is 7.60 Å². The van der Waals surface area contributed by atoms with Gasteiger partial charge in [0.05, 0.1) is 6.61 Å². The highest BCUT2D eigenvalue weighted by Crippen LogP contribution is 2.46. The standard InChI is InChI=1S/C14H18F3O5P/c1-20-23(19,21-2)9-13(18)7-11-4-3-5-12(6-11)8-22-10-14(15,16)17/h3-6H,7-10H2,1-2H3. The van der Waals surface area contributed by atoms with Crippen LogP contribution in [-0.4, -0.2) is 38.9 Å². The number of halogens is 3. The number of Topliss-reactive ketones (excluding diaryl/α,β-unsaturated/α-hetero) is 1. The van der Waals surface area contributed by atoms with Crippen LogP contribution in [0.4, 0.5) is 13.2 Å². The zero-order valence-corrected chi connectivity index (χ0v) is 13.7. The van der Waals surface area contributed by atoms with E-state index in [9.17, 15) is 22.5 Å². The molecule has 0 radical (unpaired) electrons. The molecule has 0 aliphatic rings. The molecule has 0 amide bonds. The zero-order valence-electron chi connectivity index (χ0n) is 12.8. The second kappa shape index (κ2) is 8.59. The molecular formula is C14H18F3O5P. The van der Waals surface area contributed by atoms with E-state index in [0.29, 0.717) is 11.1 Å². The number of hydrogen-bond donors (Lipinski definition) is 0. The molecule has 0 unspecified atom stereocenters. The van der Waals surface area contributed by atoms with Crippen LogP contribution in [0.1, 0.15) is 11.1 Å². The maximum Gasteiger partial charge on any atom is 0.411 e. The Morgan fingerprint density at radius 3 is 2.35 bits per heavy atom. The van der Waals surface area contributed by atoms with E-state index in [1.807, 2.05) is 0 Å². The molecule has 9 heteroatoms. The fourth-order valence-electron chi connectivity index (χ4n) is 1.82. The summed E-state index contributed by atoms with van der Waals surface area (Å²) in [6.07, 6.45) is -4.77. The van der Waals surface area contributed by atoms with E-state index < -0.39 is 20.4 Å². The summed E-state index contributed by atoms with van der Waals surface area (Å²) in [4.78, 5) is 11.9. The van der Waals surface area contributed by atoms with Gasteiger partial charge >= 0.3 is 13.8 Å². The number of benzene rings is 1. The van der Waals surface area contributed by atoms with Crippen molar-refractivity contribution in [2.45, 2.75) is 19.2 Å². The van der Waals surface area contributed by atoms with Gasteiger partial charge in [-0.1, -0.05) is 24.3 Å². The number of hydrogen-bond acceptors (Lipinski definition) is 5. The van der Waals surface area contributed by atoms with Crippen molar-refractivity contribution in [3.63, 3.8) is 0 Å². The summed E-state index contributed by atoms with van der Waals surface area (Å²) in [7, 11) is -1.04. The van der Waals surface area contributed by atoms with Crippen LogP contribution in [0.5, 0.6) is 0 Å². The average molecular weight is 354 g/mol. The Balaban J connectivity index is 2.60. The van der Waals surface area contributed by atoms with E-state index in [1.54, 1.807) is 24.3 Å². The highest BCUT2D eigenvalue weighted by molar-refractivity contribution is 7.54. The second-order valence-electron chi connectivity index (χ2n) is 4.78. The lowest BCUT2D eigenvalue weighted by Gasteiger charge is -2.12. The molecule has 5 nitrogen and oxygen atoms in total. The number of carbonyl (C=O) groups is 1. The molecule has 1 aromatic carbocycles. The van der Waals surface area contributed by atoms with E-state index >= 15 is 0 Å². The molecule has 0 atom stereocenters. The lowest BCUT2D eigenvalue weighted by atomic mass is 10.1. The van der Waals surface area contributed by atoms with Gasteiger partial charge in [0.15, 0.2) is 0 Å². The predicted molar refractivity (Wildman–Crippen MR) is 77.4 cm³/mol. The van der Waals surface area contributed by atoms with Crippen LogP contribution in [0, 0.1) is 0 Å². The first-order valence-electron chi connectivity index (χ1n) is 6.62. The van der Waals surface area contributed by atoms with Crippen LogP contribution < -0.4 is 0 Å². The number of rotatable bonds is 9. The monoisotopic (exact) mass is 354 g/mol. The minimum atomic E-state index is -4.38. The molecule has 1 aromatic rings. The molecule has 0 bridgehead atoms. The zero-order chi connectivity index (χ0) is 17.5. The molecule has 0 fully saturated rings. The van der Waals surface area contributed by atoms with Crippen molar-refractivity contribution in [1.82, 2.24) is 0 Å². The van der Waals surface area contributed by atoms with Gasteiger partial charge < -0.3 is 13.8 Å². The van der Waals surface area contributed by atoms with Crippen LogP contribution in [-0.2, 0) is 36.2 Å². The van der Waals surface area contributed by atoms with Crippen LogP contribution in [0.3, 0.4) is 0 Å². The smallest absolute Gasteiger partial charge is 0.367 e. The third kappa shape index (κ3) is 7.74. The lowest BCUT2D eigenvalue weighted by molar-refractivity contribution is -0.176. The first-order valence-corrected chi connectivity index (χ1v) is 8.35. The van der Waals surface area contributed by atoms with Gasteiger partial charge in [0.25, 0.3) is 0 Å². The maximum absolute atomic E-state index is 12.0. The summed E-state index contributed by atoms with van der Waals surface area (Å²) >= 11 is 0. The summed E-state index contributed by atoms with van der Waals surface area (Å²) in [5.41, 5.74) is 1.10. The van der Waals surface area contributed by atoms with Crippen LogP contribution in [0.15, 0.2) is 24.3 Å². The summed E-state index contributed by atoms with van der Waals surface area (Å²) in [5, 5.41) is 0. The van der Waals surface area contributed by atoms with Gasteiger partial charge in [-0.05, 0) is 11.1 Å². The van der Waals surface area contributed by atoms with Crippen LogP contribution in [0.2, 0.25) is 0 Å². The number of ether oxygens (including phenoxy) is 1. The van der Waals surface area contributed by atoms with Crippen molar-refractivity contribution < 1.29 is 36.3 Å². The van der Waals surface area contributed by atoms with Gasteiger partial charge in [0.1, 0.15) is 18.6 Å². The van der Waals surface area contributed by atoms with Gasteiger partial charge in [-0.3, -0.25) is 9.36 Å². The van der Waals surface area contributed by atoms with Crippen molar-refractivity contribution in [1.29, 1.82) is 0 Å². The molecule has 0 heterocycles. The van der Waals surface area contributed by atoms with E-state index in [1.165, 1.54) is 14.2 Å². The molecule has 130 valence electrons. The van der Waals surface area contributed by atoms with Crippen molar-refractivity contribution in [2.24, 2.45) is 0 Å². The SMILES string of the molecule is COP(=O)(CC(=O)Cc1cccc(COCC(F)(F)F)c1)OC. The Morgan fingerprint density at radius 2 is 1.78 bits per heavy atom. The Morgan fingerprint density at radius 1 is 1.17 bits per heavy atom. The van der Waals surface area contributed by atoms with Crippen molar-refractivity contribution in [3.8, 4) is 0 Å². The molecule has 1 rings (SSSR count). The fourth-order valence-corrected chi connectivity index (χ4v) is 2.77. The van der Waals surface area contributed by atoms with Crippen molar-refractivity contribution >= 4 is 13.4 Å². The van der Waals surface area contributed by atoms with E-state index in [0.717, 1.165) is 0 Å². The third-order valence-electron chi connectivity index (χ3n) is 2.85. The highest BCUT2D eigenvalue weighted by atomic mass is 31.2. The van der Waals surface area contributed by atoms with Crippen LogP contribution in [0.25, 0.3) is 0 Å².